The third-order valence-corrected chi connectivity index (χ3v) is 4.71. The lowest BCUT2D eigenvalue weighted by molar-refractivity contribution is -0.147. The second-order valence-electron chi connectivity index (χ2n) is 7.34. The third kappa shape index (κ3) is 8.20. The normalized spacial score (nSPS) is 12.9. The average molecular weight is 468 g/mol. The zero-order chi connectivity index (χ0) is 24.9. The Balaban J connectivity index is 2.19. The Morgan fingerprint density at radius 3 is 1.91 bits per heavy atom. The predicted octanol–water partition coefficient (Wildman–Crippen LogP) is 3.95. The maximum absolute atomic E-state index is 12.7. The first-order valence-electron chi connectivity index (χ1n) is 10.8. The Morgan fingerprint density at radius 1 is 0.882 bits per heavy atom. The molecule has 0 bridgehead atoms. The van der Waals surface area contributed by atoms with Crippen molar-refractivity contribution in [1.82, 2.24) is 0 Å². The molecule has 2 aromatic carbocycles. The zero-order valence-corrected chi connectivity index (χ0v) is 19.5. The fourth-order valence-electron chi connectivity index (χ4n) is 2.97. The first-order valence-corrected chi connectivity index (χ1v) is 10.8. The molecule has 0 radical (unpaired) electrons. The number of nitrogens with zero attached hydrogens (tertiary/aromatic N) is 1. The van der Waals surface area contributed by atoms with Crippen LogP contribution in [0.2, 0.25) is 0 Å². The highest BCUT2D eigenvalue weighted by Crippen LogP contribution is 2.17. The number of carbonyl (C=O) groups excluding carboxylic acids is 3. The molecule has 8 heteroatoms. The van der Waals surface area contributed by atoms with E-state index in [1.54, 1.807) is 19.1 Å². The molecule has 0 fully saturated rings. The standard InChI is InChI=1S/C26H29NO7/c1-4-32-26(31)23(19(3)28)24(18(2)25(30)34-17-21-13-9-6-10-14-21)27-15-22(29)33-16-20-11-7-5-8-12-20/h5-14,18,28H,4,15-17H2,1-3H3. The fourth-order valence-corrected chi connectivity index (χ4v) is 2.97. The number of hydrogen-bond donors (Lipinski definition) is 1. The van der Waals surface area contributed by atoms with Gasteiger partial charge in [0.15, 0.2) is 0 Å². The van der Waals surface area contributed by atoms with E-state index in [0.717, 1.165) is 11.1 Å². The van der Waals surface area contributed by atoms with E-state index in [1.165, 1.54) is 13.8 Å². The summed E-state index contributed by atoms with van der Waals surface area (Å²) >= 11 is 0. The van der Waals surface area contributed by atoms with Gasteiger partial charge in [0.05, 0.1) is 18.2 Å². The van der Waals surface area contributed by atoms with Gasteiger partial charge in [-0.25, -0.2) is 4.79 Å². The second-order valence-corrected chi connectivity index (χ2v) is 7.34. The number of allylic oxidation sites excluding steroid dienone is 1. The van der Waals surface area contributed by atoms with Crippen LogP contribution in [0.3, 0.4) is 0 Å². The number of ether oxygens (including phenoxy) is 3. The van der Waals surface area contributed by atoms with Gasteiger partial charge >= 0.3 is 17.9 Å². The maximum atomic E-state index is 12.7. The SMILES string of the molecule is CCOC(=O)C(C(=NCC(=O)OCc1ccccc1)C(C)C(=O)OCc1ccccc1)=C(C)O. The molecule has 1 atom stereocenters. The first kappa shape index (κ1) is 26.3. The lowest BCUT2D eigenvalue weighted by Gasteiger charge is -2.17. The van der Waals surface area contributed by atoms with Crippen molar-refractivity contribution in [2.45, 2.75) is 34.0 Å². The molecular formula is C26H29NO7. The summed E-state index contributed by atoms with van der Waals surface area (Å²) in [5.74, 6) is -3.65. The molecule has 8 nitrogen and oxygen atoms in total. The molecule has 2 aromatic rings. The Labute approximate surface area is 198 Å². The summed E-state index contributed by atoms with van der Waals surface area (Å²) in [5.41, 5.74) is 1.18. The molecule has 180 valence electrons. The smallest absolute Gasteiger partial charge is 0.343 e. The predicted molar refractivity (Wildman–Crippen MR) is 126 cm³/mol. The van der Waals surface area contributed by atoms with Gasteiger partial charge in [-0.2, -0.15) is 0 Å². The van der Waals surface area contributed by atoms with Crippen LogP contribution < -0.4 is 0 Å². The average Bonchev–Trinajstić information content (AvgIpc) is 2.84. The van der Waals surface area contributed by atoms with Crippen molar-refractivity contribution in [1.29, 1.82) is 0 Å². The van der Waals surface area contributed by atoms with E-state index in [9.17, 15) is 19.5 Å². The van der Waals surface area contributed by atoms with Crippen LogP contribution in [0, 0.1) is 5.92 Å². The Morgan fingerprint density at radius 2 is 1.41 bits per heavy atom. The van der Waals surface area contributed by atoms with Crippen LogP contribution >= 0.6 is 0 Å². The van der Waals surface area contributed by atoms with Crippen LogP contribution in [0.15, 0.2) is 77.0 Å². The van der Waals surface area contributed by atoms with Gasteiger partial charge in [-0.05, 0) is 31.9 Å². The van der Waals surface area contributed by atoms with E-state index in [2.05, 4.69) is 4.99 Å². The van der Waals surface area contributed by atoms with E-state index in [1.807, 2.05) is 48.5 Å². The van der Waals surface area contributed by atoms with Gasteiger partial charge in [0.2, 0.25) is 0 Å². The van der Waals surface area contributed by atoms with E-state index < -0.39 is 36.1 Å². The van der Waals surface area contributed by atoms with Crippen LogP contribution in [0.1, 0.15) is 31.9 Å². The number of benzene rings is 2. The molecule has 2 rings (SSSR count). The molecule has 1 N–H and O–H groups in total. The molecule has 1 unspecified atom stereocenters. The highest BCUT2D eigenvalue weighted by molar-refractivity contribution is 6.25. The van der Waals surface area contributed by atoms with Gasteiger partial charge in [0.1, 0.15) is 31.1 Å². The van der Waals surface area contributed by atoms with Gasteiger partial charge in [0.25, 0.3) is 0 Å². The van der Waals surface area contributed by atoms with Crippen molar-refractivity contribution >= 4 is 23.6 Å². The molecule has 0 saturated heterocycles. The van der Waals surface area contributed by atoms with Crippen molar-refractivity contribution in [2.24, 2.45) is 10.9 Å². The number of esters is 3. The van der Waals surface area contributed by atoms with Crippen LogP contribution in [-0.2, 0) is 41.8 Å². The number of rotatable bonds is 11. The van der Waals surface area contributed by atoms with Crippen LogP contribution in [-0.4, -0.2) is 41.9 Å². The molecule has 0 aliphatic carbocycles. The summed E-state index contributed by atoms with van der Waals surface area (Å²) < 4.78 is 15.6. The lowest BCUT2D eigenvalue weighted by atomic mass is 9.97. The third-order valence-electron chi connectivity index (χ3n) is 4.71. The number of aliphatic hydroxyl groups excluding tert-OH is 1. The molecule has 0 spiro atoms. The molecule has 0 aliphatic rings. The van der Waals surface area contributed by atoms with Gasteiger partial charge in [-0.3, -0.25) is 14.6 Å². The summed E-state index contributed by atoms with van der Waals surface area (Å²) in [7, 11) is 0. The molecule has 0 heterocycles. The molecule has 0 aliphatic heterocycles. The van der Waals surface area contributed by atoms with Crippen molar-refractivity contribution in [3.05, 3.63) is 83.1 Å². The van der Waals surface area contributed by atoms with Crippen molar-refractivity contribution in [3.63, 3.8) is 0 Å². The zero-order valence-electron chi connectivity index (χ0n) is 19.5. The van der Waals surface area contributed by atoms with Gasteiger partial charge in [-0.15, -0.1) is 0 Å². The number of carbonyl (C=O) groups is 3. The number of aliphatic imine (C=N–C) groups is 1. The molecule has 0 saturated carbocycles. The van der Waals surface area contributed by atoms with Crippen LogP contribution in [0.5, 0.6) is 0 Å². The van der Waals surface area contributed by atoms with Gasteiger partial charge in [0, 0.05) is 0 Å². The Hall–Kier alpha value is -3.94. The van der Waals surface area contributed by atoms with E-state index in [4.69, 9.17) is 14.2 Å². The fraction of sp³-hybridized carbons (Fsp3) is 0.308. The van der Waals surface area contributed by atoms with Gasteiger partial charge in [-0.1, -0.05) is 60.7 Å². The second kappa shape index (κ2) is 13.6. The molecule has 0 aromatic heterocycles. The Kier molecular flexibility index (Phi) is 10.5. The minimum Gasteiger partial charge on any atom is -0.512 e. The van der Waals surface area contributed by atoms with Crippen LogP contribution in [0.25, 0.3) is 0 Å². The van der Waals surface area contributed by atoms with Gasteiger partial charge < -0.3 is 19.3 Å². The monoisotopic (exact) mass is 467 g/mol. The topological polar surface area (TPSA) is 111 Å². The lowest BCUT2D eigenvalue weighted by Crippen LogP contribution is -2.30. The van der Waals surface area contributed by atoms with E-state index >= 15 is 0 Å². The summed E-state index contributed by atoms with van der Waals surface area (Å²) in [6, 6.07) is 18.2. The quantitative estimate of drug-likeness (QED) is 0.175. The molecule has 34 heavy (non-hydrogen) atoms. The van der Waals surface area contributed by atoms with Crippen molar-refractivity contribution < 1.29 is 33.7 Å². The summed E-state index contributed by atoms with van der Waals surface area (Å²) in [4.78, 5) is 41.7. The summed E-state index contributed by atoms with van der Waals surface area (Å²) in [6.07, 6.45) is 0. The van der Waals surface area contributed by atoms with Crippen molar-refractivity contribution in [2.75, 3.05) is 13.2 Å². The number of aliphatic hydroxyl groups is 1. The highest BCUT2D eigenvalue weighted by Gasteiger charge is 2.30. The minimum atomic E-state index is -1.06. The summed E-state index contributed by atoms with van der Waals surface area (Å²) in [5, 5.41) is 10.2. The maximum Gasteiger partial charge on any atom is 0.343 e. The van der Waals surface area contributed by atoms with Crippen molar-refractivity contribution in [3.8, 4) is 0 Å². The molecular weight excluding hydrogens is 438 g/mol. The first-order chi connectivity index (χ1) is 16.3. The highest BCUT2D eigenvalue weighted by atomic mass is 16.5. The van der Waals surface area contributed by atoms with E-state index in [-0.39, 0.29) is 31.1 Å². The molecule has 0 amide bonds. The van der Waals surface area contributed by atoms with Crippen LogP contribution in [0.4, 0.5) is 0 Å². The number of hydrogen-bond acceptors (Lipinski definition) is 8. The van der Waals surface area contributed by atoms with E-state index in [0.29, 0.717) is 0 Å². The largest absolute Gasteiger partial charge is 0.512 e. The Bertz CT molecular complexity index is 1030. The minimum absolute atomic E-state index is 0.0208. The summed E-state index contributed by atoms with van der Waals surface area (Å²) in [6.45, 7) is 4.02.